The molecule has 1 aromatic rings. The first kappa shape index (κ1) is 17.3. The molecule has 5 nitrogen and oxygen atoms in total. The Labute approximate surface area is 138 Å². The molecule has 1 aliphatic carbocycles. The maximum atomic E-state index is 12.5. The third-order valence-corrected chi connectivity index (χ3v) is 3.90. The van der Waals surface area contributed by atoms with E-state index < -0.39 is 5.41 Å². The van der Waals surface area contributed by atoms with Crippen molar-refractivity contribution in [3.8, 4) is 5.75 Å². The number of rotatable bonds is 6. The quantitative estimate of drug-likeness (QED) is 0.876. The molecule has 1 N–H and O–H groups in total. The van der Waals surface area contributed by atoms with Gasteiger partial charge in [-0.25, -0.2) is 0 Å². The van der Waals surface area contributed by atoms with Crippen LogP contribution in [0.2, 0.25) is 0 Å². The molecule has 2 rings (SSSR count). The maximum absolute atomic E-state index is 12.5. The lowest BCUT2D eigenvalue weighted by molar-refractivity contribution is -0.136. The number of amides is 2. The van der Waals surface area contributed by atoms with Crippen molar-refractivity contribution in [2.45, 2.75) is 46.2 Å². The van der Waals surface area contributed by atoms with E-state index in [1.54, 1.807) is 7.11 Å². The molecule has 0 radical (unpaired) electrons. The van der Waals surface area contributed by atoms with Crippen molar-refractivity contribution >= 4 is 11.8 Å². The smallest absolute Gasteiger partial charge is 0.242 e. The molecule has 1 fully saturated rings. The molecule has 1 aromatic carbocycles. The van der Waals surface area contributed by atoms with Crippen LogP contribution in [0.15, 0.2) is 24.3 Å². The van der Waals surface area contributed by atoms with E-state index in [0.29, 0.717) is 12.6 Å². The van der Waals surface area contributed by atoms with Crippen molar-refractivity contribution in [3.63, 3.8) is 0 Å². The Morgan fingerprint density at radius 3 is 2.30 bits per heavy atom. The Hall–Kier alpha value is -2.04. The lowest BCUT2D eigenvalue weighted by Gasteiger charge is -2.24. The zero-order valence-electron chi connectivity index (χ0n) is 14.4. The van der Waals surface area contributed by atoms with Gasteiger partial charge in [0, 0.05) is 18.0 Å². The first-order chi connectivity index (χ1) is 10.8. The molecule has 0 aromatic heterocycles. The molecule has 2 amide bonds. The fourth-order valence-electron chi connectivity index (χ4n) is 2.26. The van der Waals surface area contributed by atoms with E-state index in [1.807, 2.05) is 49.9 Å². The summed E-state index contributed by atoms with van der Waals surface area (Å²) in [5.41, 5.74) is 0.578. The average Bonchev–Trinajstić information content (AvgIpc) is 3.34. The Morgan fingerprint density at radius 2 is 1.83 bits per heavy atom. The van der Waals surface area contributed by atoms with Crippen molar-refractivity contribution in [2.24, 2.45) is 5.41 Å². The molecule has 1 aliphatic rings. The van der Waals surface area contributed by atoms with Crippen molar-refractivity contribution in [1.82, 2.24) is 10.2 Å². The maximum Gasteiger partial charge on any atom is 0.242 e. The number of nitrogens with zero attached hydrogens (tertiary/aromatic N) is 1. The molecule has 0 spiro atoms. The van der Waals surface area contributed by atoms with E-state index in [2.05, 4.69) is 5.32 Å². The number of methoxy groups -OCH3 is 1. The van der Waals surface area contributed by atoms with Crippen LogP contribution in [0.4, 0.5) is 0 Å². The Kier molecular flexibility index (Phi) is 5.29. The SMILES string of the molecule is COc1ccc(CN(C(=O)CNC(=O)C(C)(C)C)C2CC2)cc1. The van der Waals surface area contributed by atoms with Crippen LogP contribution in [0.25, 0.3) is 0 Å². The molecule has 0 saturated heterocycles. The van der Waals surface area contributed by atoms with Gasteiger partial charge in [-0.3, -0.25) is 9.59 Å². The van der Waals surface area contributed by atoms with Crippen molar-refractivity contribution < 1.29 is 14.3 Å². The van der Waals surface area contributed by atoms with E-state index in [-0.39, 0.29) is 18.4 Å². The minimum Gasteiger partial charge on any atom is -0.497 e. The second kappa shape index (κ2) is 7.02. The fraction of sp³-hybridized carbons (Fsp3) is 0.556. The number of hydrogen-bond acceptors (Lipinski definition) is 3. The highest BCUT2D eigenvalue weighted by molar-refractivity contribution is 5.87. The summed E-state index contributed by atoms with van der Waals surface area (Å²) in [4.78, 5) is 26.2. The number of ether oxygens (including phenoxy) is 1. The second-order valence-corrected chi connectivity index (χ2v) is 7.03. The van der Waals surface area contributed by atoms with E-state index in [1.165, 1.54) is 0 Å². The summed E-state index contributed by atoms with van der Waals surface area (Å²) in [5, 5.41) is 2.74. The lowest BCUT2D eigenvalue weighted by atomic mass is 9.96. The van der Waals surface area contributed by atoms with Crippen LogP contribution in [-0.4, -0.2) is 36.4 Å². The van der Waals surface area contributed by atoms with Crippen molar-refractivity contribution in [1.29, 1.82) is 0 Å². The molecule has 0 heterocycles. The standard InChI is InChI=1S/C18H26N2O3/c1-18(2,3)17(22)19-11-16(21)20(14-7-8-14)12-13-5-9-15(23-4)10-6-13/h5-6,9-10,14H,7-8,11-12H2,1-4H3,(H,19,22). The van der Waals surface area contributed by atoms with Crippen molar-refractivity contribution in [2.75, 3.05) is 13.7 Å². The first-order valence-electron chi connectivity index (χ1n) is 8.02. The predicted octanol–water partition coefficient (Wildman–Crippen LogP) is 2.35. The van der Waals surface area contributed by atoms with Crippen LogP contribution in [0.5, 0.6) is 5.75 Å². The van der Waals surface area contributed by atoms with Gasteiger partial charge in [0.05, 0.1) is 13.7 Å². The van der Waals surface area contributed by atoms with Gasteiger partial charge >= 0.3 is 0 Å². The summed E-state index contributed by atoms with van der Waals surface area (Å²) in [6.07, 6.45) is 2.07. The summed E-state index contributed by atoms with van der Waals surface area (Å²) in [6.45, 7) is 6.14. The Morgan fingerprint density at radius 1 is 1.22 bits per heavy atom. The van der Waals surface area contributed by atoms with Crippen LogP contribution in [0.1, 0.15) is 39.2 Å². The van der Waals surface area contributed by atoms with E-state index in [0.717, 1.165) is 24.2 Å². The molecule has 0 atom stereocenters. The van der Waals surface area contributed by atoms with Gasteiger partial charge in [0.1, 0.15) is 5.75 Å². The van der Waals surface area contributed by atoms with E-state index >= 15 is 0 Å². The predicted molar refractivity (Wildman–Crippen MR) is 89.0 cm³/mol. The lowest BCUT2D eigenvalue weighted by Crippen LogP contribution is -2.44. The molecule has 0 bridgehead atoms. The highest BCUT2D eigenvalue weighted by Gasteiger charge is 2.33. The van der Waals surface area contributed by atoms with Gasteiger partial charge < -0.3 is 15.0 Å². The van der Waals surface area contributed by atoms with E-state index in [9.17, 15) is 9.59 Å². The van der Waals surface area contributed by atoms with Crippen LogP contribution in [-0.2, 0) is 16.1 Å². The van der Waals surface area contributed by atoms with Crippen LogP contribution in [0.3, 0.4) is 0 Å². The minimum absolute atomic E-state index is 0.0269. The zero-order chi connectivity index (χ0) is 17.0. The number of hydrogen-bond donors (Lipinski definition) is 1. The number of benzene rings is 1. The zero-order valence-corrected chi connectivity index (χ0v) is 14.4. The van der Waals surface area contributed by atoms with Gasteiger partial charge in [-0.2, -0.15) is 0 Å². The minimum atomic E-state index is -0.485. The van der Waals surface area contributed by atoms with E-state index in [4.69, 9.17) is 4.74 Å². The van der Waals surface area contributed by atoms with Gasteiger partial charge in [0.15, 0.2) is 0 Å². The summed E-state index contributed by atoms with van der Waals surface area (Å²) in [6, 6.07) is 8.03. The van der Waals surface area contributed by atoms with Crippen LogP contribution >= 0.6 is 0 Å². The molecular formula is C18H26N2O3. The van der Waals surface area contributed by atoms with Crippen LogP contribution < -0.4 is 10.1 Å². The van der Waals surface area contributed by atoms with Crippen LogP contribution in [0, 0.1) is 5.41 Å². The molecule has 5 heteroatoms. The molecule has 0 unspecified atom stereocenters. The highest BCUT2D eigenvalue weighted by Crippen LogP contribution is 2.28. The number of carbonyl (C=O) groups is 2. The highest BCUT2D eigenvalue weighted by atomic mass is 16.5. The Balaban J connectivity index is 1.95. The summed E-state index contributed by atoms with van der Waals surface area (Å²) >= 11 is 0. The monoisotopic (exact) mass is 318 g/mol. The first-order valence-corrected chi connectivity index (χ1v) is 8.02. The van der Waals surface area contributed by atoms with Crippen molar-refractivity contribution in [3.05, 3.63) is 29.8 Å². The van der Waals surface area contributed by atoms with Gasteiger partial charge in [-0.05, 0) is 30.5 Å². The largest absolute Gasteiger partial charge is 0.497 e. The number of carbonyl (C=O) groups excluding carboxylic acids is 2. The third kappa shape index (κ3) is 4.98. The molecular weight excluding hydrogens is 292 g/mol. The normalized spacial score (nSPS) is 14.3. The molecule has 0 aliphatic heterocycles. The molecule has 23 heavy (non-hydrogen) atoms. The average molecular weight is 318 g/mol. The second-order valence-electron chi connectivity index (χ2n) is 7.03. The Bertz CT molecular complexity index is 557. The molecule has 126 valence electrons. The number of nitrogens with one attached hydrogen (secondary N) is 1. The topological polar surface area (TPSA) is 58.6 Å². The summed E-state index contributed by atoms with van der Waals surface area (Å²) < 4.78 is 5.15. The fourth-order valence-corrected chi connectivity index (χ4v) is 2.26. The van der Waals surface area contributed by atoms with Gasteiger partial charge in [-0.1, -0.05) is 32.9 Å². The van der Waals surface area contributed by atoms with Gasteiger partial charge in [-0.15, -0.1) is 0 Å². The molecule has 1 saturated carbocycles. The van der Waals surface area contributed by atoms with Gasteiger partial charge in [0.2, 0.25) is 11.8 Å². The summed E-state index contributed by atoms with van der Waals surface area (Å²) in [5.74, 6) is 0.669. The summed E-state index contributed by atoms with van der Waals surface area (Å²) in [7, 11) is 1.63. The third-order valence-electron chi connectivity index (χ3n) is 3.90. The van der Waals surface area contributed by atoms with Gasteiger partial charge in [0.25, 0.3) is 0 Å².